The minimum atomic E-state index is 0.430. The van der Waals surface area contributed by atoms with Gasteiger partial charge in [-0.15, -0.1) is 0 Å². The third-order valence-electron chi connectivity index (χ3n) is 3.02. The molecular formula is C11H18N2O. The Labute approximate surface area is 84.9 Å². The van der Waals surface area contributed by atoms with Gasteiger partial charge in [0.05, 0.1) is 6.20 Å². The maximum absolute atomic E-state index is 5.69. The molecule has 0 aromatic carbocycles. The molecule has 2 rings (SSSR count). The third-order valence-corrected chi connectivity index (χ3v) is 3.02. The molecule has 3 nitrogen and oxygen atoms in total. The molecule has 0 aliphatic heterocycles. The van der Waals surface area contributed by atoms with Crippen molar-refractivity contribution < 1.29 is 4.42 Å². The predicted molar refractivity (Wildman–Crippen MR) is 55.3 cm³/mol. The van der Waals surface area contributed by atoms with E-state index in [1.54, 1.807) is 0 Å². The first-order valence-corrected chi connectivity index (χ1v) is 5.22. The van der Waals surface area contributed by atoms with Crippen LogP contribution in [0.25, 0.3) is 0 Å². The van der Waals surface area contributed by atoms with Crippen LogP contribution in [0.3, 0.4) is 0 Å². The Morgan fingerprint density at radius 3 is 2.93 bits per heavy atom. The normalized spacial score (nSPS) is 23.8. The molecule has 1 aliphatic carbocycles. The Morgan fingerprint density at radius 1 is 1.64 bits per heavy atom. The molecule has 14 heavy (non-hydrogen) atoms. The fourth-order valence-corrected chi connectivity index (χ4v) is 1.79. The van der Waals surface area contributed by atoms with Crippen molar-refractivity contribution in [3.63, 3.8) is 0 Å². The van der Waals surface area contributed by atoms with Gasteiger partial charge in [0.1, 0.15) is 5.76 Å². The maximum Gasteiger partial charge on any atom is 0.195 e. The molecule has 1 unspecified atom stereocenters. The van der Waals surface area contributed by atoms with E-state index in [1.807, 2.05) is 13.2 Å². The van der Waals surface area contributed by atoms with Crippen molar-refractivity contribution in [3.05, 3.63) is 17.8 Å². The first-order valence-electron chi connectivity index (χ1n) is 5.22. The summed E-state index contributed by atoms with van der Waals surface area (Å²) in [4.78, 5) is 4.27. The summed E-state index contributed by atoms with van der Waals surface area (Å²) in [6.07, 6.45) is 4.00. The number of hydrogen-bond donors (Lipinski definition) is 1. The monoisotopic (exact) mass is 194 g/mol. The summed E-state index contributed by atoms with van der Waals surface area (Å²) in [5, 5.41) is 3.09. The van der Waals surface area contributed by atoms with Crippen molar-refractivity contribution in [2.45, 2.75) is 32.6 Å². The summed E-state index contributed by atoms with van der Waals surface area (Å²) in [6.45, 7) is 5.47. The standard InChI is InChI=1S/C11H18N2O/c1-11(2)6-8(11)9-7-13-10(14-9)4-5-12-3/h7-8,12H,4-6H2,1-3H3. The Balaban J connectivity index is 1.97. The van der Waals surface area contributed by atoms with Gasteiger partial charge in [-0.2, -0.15) is 0 Å². The van der Waals surface area contributed by atoms with Gasteiger partial charge < -0.3 is 9.73 Å². The van der Waals surface area contributed by atoms with Crippen molar-refractivity contribution in [3.8, 4) is 0 Å². The Hall–Kier alpha value is -0.830. The molecule has 0 saturated heterocycles. The quantitative estimate of drug-likeness (QED) is 0.796. The van der Waals surface area contributed by atoms with Gasteiger partial charge in [-0.3, -0.25) is 0 Å². The van der Waals surface area contributed by atoms with Gasteiger partial charge in [0.25, 0.3) is 0 Å². The molecule has 1 atom stereocenters. The van der Waals surface area contributed by atoms with Gasteiger partial charge >= 0.3 is 0 Å². The zero-order valence-corrected chi connectivity index (χ0v) is 9.13. The molecular weight excluding hydrogens is 176 g/mol. The highest BCUT2D eigenvalue weighted by Crippen LogP contribution is 2.58. The van der Waals surface area contributed by atoms with E-state index in [0.717, 1.165) is 24.6 Å². The van der Waals surface area contributed by atoms with Crippen LogP contribution in [-0.4, -0.2) is 18.6 Å². The molecule has 1 saturated carbocycles. The lowest BCUT2D eigenvalue weighted by Crippen LogP contribution is -2.10. The van der Waals surface area contributed by atoms with Crippen molar-refractivity contribution in [1.29, 1.82) is 0 Å². The van der Waals surface area contributed by atoms with E-state index in [1.165, 1.54) is 6.42 Å². The van der Waals surface area contributed by atoms with Gasteiger partial charge in [0, 0.05) is 18.9 Å². The van der Waals surface area contributed by atoms with Crippen molar-refractivity contribution in [2.24, 2.45) is 5.41 Å². The van der Waals surface area contributed by atoms with Crippen LogP contribution >= 0.6 is 0 Å². The molecule has 0 radical (unpaired) electrons. The van der Waals surface area contributed by atoms with Crippen LogP contribution < -0.4 is 5.32 Å². The zero-order valence-electron chi connectivity index (χ0n) is 9.13. The summed E-state index contributed by atoms with van der Waals surface area (Å²) < 4.78 is 5.69. The second-order valence-electron chi connectivity index (χ2n) is 4.76. The SMILES string of the molecule is CNCCc1ncc(C2CC2(C)C)o1. The van der Waals surface area contributed by atoms with E-state index in [-0.39, 0.29) is 0 Å². The number of oxazole rings is 1. The highest BCUT2D eigenvalue weighted by atomic mass is 16.4. The third kappa shape index (κ3) is 1.82. The van der Waals surface area contributed by atoms with E-state index >= 15 is 0 Å². The van der Waals surface area contributed by atoms with Crippen LogP contribution in [0.5, 0.6) is 0 Å². The molecule has 1 aromatic heterocycles. The molecule has 1 aliphatic rings. The van der Waals surface area contributed by atoms with Crippen LogP contribution in [0, 0.1) is 5.41 Å². The maximum atomic E-state index is 5.69. The average Bonchev–Trinajstić information content (AvgIpc) is 2.63. The molecule has 1 fully saturated rings. The van der Waals surface area contributed by atoms with Gasteiger partial charge in [0.2, 0.25) is 0 Å². The molecule has 78 valence electrons. The first kappa shape index (κ1) is 9.71. The van der Waals surface area contributed by atoms with Gasteiger partial charge in [-0.25, -0.2) is 4.98 Å². The summed E-state index contributed by atoms with van der Waals surface area (Å²) in [7, 11) is 1.94. The number of aromatic nitrogens is 1. The molecule has 0 spiro atoms. The lowest BCUT2D eigenvalue weighted by Gasteiger charge is -1.98. The van der Waals surface area contributed by atoms with Crippen LogP contribution in [0.1, 0.15) is 37.8 Å². The van der Waals surface area contributed by atoms with Crippen LogP contribution in [0.2, 0.25) is 0 Å². The van der Waals surface area contributed by atoms with Gasteiger partial charge in [-0.1, -0.05) is 13.8 Å². The van der Waals surface area contributed by atoms with Crippen molar-refractivity contribution in [1.82, 2.24) is 10.3 Å². The lowest BCUT2D eigenvalue weighted by molar-refractivity contribution is 0.436. The molecule has 1 N–H and O–H groups in total. The second-order valence-corrected chi connectivity index (χ2v) is 4.76. The molecule has 0 bridgehead atoms. The zero-order chi connectivity index (χ0) is 10.2. The Morgan fingerprint density at radius 2 is 2.36 bits per heavy atom. The van der Waals surface area contributed by atoms with Crippen molar-refractivity contribution in [2.75, 3.05) is 13.6 Å². The van der Waals surface area contributed by atoms with E-state index in [9.17, 15) is 0 Å². The summed E-state index contributed by atoms with van der Waals surface area (Å²) in [5.41, 5.74) is 0.430. The van der Waals surface area contributed by atoms with Crippen molar-refractivity contribution >= 4 is 0 Å². The van der Waals surface area contributed by atoms with Crippen LogP contribution in [0.15, 0.2) is 10.6 Å². The number of nitrogens with one attached hydrogen (secondary N) is 1. The van der Waals surface area contributed by atoms with Gasteiger partial charge in [0.15, 0.2) is 5.89 Å². The molecule has 0 amide bonds. The summed E-state index contributed by atoms with van der Waals surface area (Å²) in [6, 6.07) is 0. The Bertz CT molecular complexity index is 317. The topological polar surface area (TPSA) is 38.1 Å². The van der Waals surface area contributed by atoms with Crippen LogP contribution in [-0.2, 0) is 6.42 Å². The number of likely N-dealkylation sites (N-methyl/N-ethyl adjacent to an activating group) is 1. The highest BCUT2D eigenvalue weighted by Gasteiger charge is 2.48. The second kappa shape index (κ2) is 3.39. The minimum absolute atomic E-state index is 0.430. The largest absolute Gasteiger partial charge is 0.445 e. The first-order chi connectivity index (χ1) is 6.63. The smallest absolute Gasteiger partial charge is 0.195 e. The minimum Gasteiger partial charge on any atom is -0.445 e. The summed E-state index contributed by atoms with van der Waals surface area (Å²) >= 11 is 0. The molecule has 1 aromatic rings. The van der Waals surface area contributed by atoms with E-state index in [4.69, 9.17) is 4.42 Å². The van der Waals surface area contributed by atoms with E-state index in [2.05, 4.69) is 24.1 Å². The molecule has 1 heterocycles. The fraction of sp³-hybridized carbons (Fsp3) is 0.727. The average molecular weight is 194 g/mol. The van der Waals surface area contributed by atoms with E-state index < -0.39 is 0 Å². The fourth-order valence-electron chi connectivity index (χ4n) is 1.79. The Kier molecular flexibility index (Phi) is 2.35. The predicted octanol–water partition coefficient (Wildman–Crippen LogP) is 1.95. The number of hydrogen-bond acceptors (Lipinski definition) is 3. The number of nitrogens with zero attached hydrogens (tertiary/aromatic N) is 1. The van der Waals surface area contributed by atoms with Crippen LogP contribution in [0.4, 0.5) is 0 Å². The number of rotatable bonds is 4. The van der Waals surface area contributed by atoms with Gasteiger partial charge in [-0.05, 0) is 18.9 Å². The summed E-state index contributed by atoms with van der Waals surface area (Å²) in [5.74, 6) is 2.52. The molecule has 3 heteroatoms. The lowest BCUT2D eigenvalue weighted by atomic mass is 10.1. The van der Waals surface area contributed by atoms with E-state index in [0.29, 0.717) is 11.3 Å². The highest BCUT2D eigenvalue weighted by molar-refractivity contribution is 5.17.